The van der Waals surface area contributed by atoms with Gasteiger partial charge < -0.3 is 4.57 Å². The molecule has 0 aliphatic rings. The molecule has 0 saturated heterocycles. The van der Waals surface area contributed by atoms with Crippen molar-refractivity contribution in [1.29, 1.82) is 0 Å². The summed E-state index contributed by atoms with van der Waals surface area (Å²) in [7, 11) is 0. The lowest BCUT2D eigenvalue weighted by atomic mass is 9.81. The van der Waals surface area contributed by atoms with Crippen molar-refractivity contribution in [3.8, 4) is 0 Å². The zero-order chi connectivity index (χ0) is 15.8. The van der Waals surface area contributed by atoms with Crippen molar-refractivity contribution in [3.63, 3.8) is 0 Å². The Morgan fingerprint density at radius 3 is 2.38 bits per heavy atom. The Bertz CT molecular complexity index is 636. The molecule has 0 bridgehead atoms. The van der Waals surface area contributed by atoms with Crippen LogP contribution >= 0.6 is 23.2 Å². The molecule has 0 amide bonds. The minimum Gasteiger partial charge on any atom is -0.321 e. The summed E-state index contributed by atoms with van der Waals surface area (Å²) in [5.41, 5.74) is 2.12. The van der Waals surface area contributed by atoms with Crippen molar-refractivity contribution >= 4 is 34.2 Å². The fourth-order valence-electron chi connectivity index (χ4n) is 3.41. The summed E-state index contributed by atoms with van der Waals surface area (Å²) in [6, 6.07) is 5.89. The van der Waals surface area contributed by atoms with Crippen molar-refractivity contribution in [2.75, 3.05) is 5.88 Å². The molecule has 0 fully saturated rings. The summed E-state index contributed by atoms with van der Waals surface area (Å²) in [4.78, 5) is 4.75. The highest BCUT2D eigenvalue weighted by Gasteiger charge is 2.31. The van der Waals surface area contributed by atoms with Gasteiger partial charge in [-0.1, -0.05) is 38.4 Å². The van der Waals surface area contributed by atoms with Gasteiger partial charge in [-0.25, -0.2) is 4.98 Å². The van der Waals surface area contributed by atoms with Crippen molar-refractivity contribution in [2.45, 2.75) is 53.0 Å². The van der Waals surface area contributed by atoms with Crippen LogP contribution in [0.5, 0.6) is 0 Å². The molecule has 1 aromatic carbocycles. The predicted molar refractivity (Wildman–Crippen MR) is 92.6 cm³/mol. The number of aryl methyl sites for hydroxylation is 1. The maximum atomic E-state index is 6.46. The van der Waals surface area contributed by atoms with Gasteiger partial charge in [0.15, 0.2) is 0 Å². The topological polar surface area (TPSA) is 17.8 Å². The molecule has 116 valence electrons. The Hall–Kier alpha value is -0.730. The van der Waals surface area contributed by atoms with Crippen LogP contribution in [0.1, 0.15) is 46.9 Å². The molecule has 1 aromatic heterocycles. The molecule has 0 aliphatic carbocycles. The molecule has 0 radical (unpaired) electrons. The summed E-state index contributed by atoms with van der Waals surface area (Å²) in [6.07, 6.45) is 1.78. The Morgan fingerprint density at radius 2 is 1.81 bits per heavy atom. The molecule has 4 heteroatoms. The summed E-state index contributed by atoms with van der Waals surface area (Å²) in [5.74, 6) is 1.58. The fourth-order valence-corrected chi connectivity index (χ4v) is 3.84. The van der Waals surface area contributed by atoms with E-state index in [1.165, 1.54) is 0 Å². The molecule has 2 rings (SSSR count). The number of rotatable bonds is 4. The van der Waals surface area contributed by atoms with Crippen LogP contribution in [-0.4, -0.2) is 15.4 Å². The number of benzene rings is 1. The third kappa shape index (κ3) is 3.54. The van der Waals surface area contributed by atoms with Crippen molar-refractivity contribution < 1.29 is 0 Å². The second-order valence-electron chi connectivity index (χ2n) is 7.46. The second-order valence-corrected chi connectivity index (χ2v) is 8.25. The summed E-state index contributed by atoms with van der Waals surface area (Å²) in [5, 5.41) is 0.753. The Morgan fingerprint density at radius 1 is 1.14 bits per heavy atom. The maximum Gasteiger partial charge on any atom is 0.111 e. The zero-order valence-electron chi connectivity index (χ0n) is 13.5. The lowest BCUT2D eigenvalue weighted by Gasteiger charge is -2.35. The van der Waals surface area contributed by atoms with Crippen LogP contribution in [0.25, 0.3) is 11.0 Å². The van der Waals surface area contributed by atoms with Crippen LogP contribution in [0.15, 0.2) is 18.2 Å². The van der Waals surface area contributed by atoms with Crippen molar-refractivity contribution in [1.82, 2.24) is 9.55 Å². The minimum atomic E-state index is -0.0701. The van der Waals surface area contributed by atoms with Crippen LogP contribution in [0, 0.1) is 5.41 Å². The van der Waals surface area contributed by atoms with Gasteiger partial charge in [-0.05, 0) is 37.8 Å². The Kier molecular flexibility index (Phi) is 4.60. The third-order valence-electron chi connectivity index (χ3n) is 3.58. The first kappa shape index (κ1) is 16.6. The van der Waals surface area contributed by atoms with Gasteiger partial charge in [-0.2, -0.15) is 0 Å². The molecule has 1 heterocycles. The summed E-state index contributed by atoms with van der Waals surface area (Å²) >= 11 is 12.4. The average Bonchev–Trinajstić information content (AvgIpc) is 2.66. The molecule has 0 unspecified atom stereocenters. The number of nitrogens with zero attached hydrogens (tertiary/aromatic N) is 2. The average molecular weight is 327 g/mol. The SMILES string of the molecule is CC(C)(C)CC(C)(C)n1c(CCCl)nc2cccc(Cl)c21. The molecule has 0 aliphatic heterocycles. The molecule has 0 atom stereocenters. The number of hydrogen-bond donors (Lipinski definition) is 0. The van der Waals surface area contributed by atoms with E-state index in [0.29, 0.717) is 5.88 Å². The number of aromatic nitrogens is 2. The number of imidazole rings is 1. The van der Waals surface area contributed by atoms with Gasteiger partial charge in [-0.3, -0.25) is 0 Å². The molecular formula is C17H24Cl2N2. The van der Waals surface area contributed by atoms with Gasteiger partial charge in [0.05, 0.1) is 16.1 Å². The van der Waals surface area contributed by atoms with Gasteiger partial charge >= 0.3 is 0 Å². The lowest BCUT2D eigenvalue weighted by Crippen LogP contribution is -2.33. The van der Waals surface area contributed by atoms with E-state index < -0.39 is 0 Å². The molecule has 21 heavy (non-hydrogen) atoms. The van der Waals surface area contributed by atoms with Crippen LogP contribution in [0.3, 0.4) is 0 Å². The van der Waals surface area contributed by atoms with E-state index in [2.05, 4.69) is 39.2 Å². The second kappa shape index (κ2) is 5.81. The van der Waals surface area contributed by atoms with E-state index in [0.717, 1.165) is 34.7 Å². The molecular weight excluding hydrogens is 303 g/mol. The molecule has 0 saturated carbocycles. The van der Waals surface area contributed by atoms with Gasteiger partial charge in [0, 0.05) is 17.8 Å². The smallest absolute Gasteiger partial charge is 0.111 e. The normalized spacial score (nSPS) is 13.1. The monoisotopic (exact) mass is 326 g/mol. The van der Waals surface area contributed by atoms with Crippen LogP contribution in [-0.2, 0) is 12.0 Å². The third-order valence-corrected chi connectivity index (χ3v) is 4.08. The number of fused-ring (bicyclic) bond motifs is 1. The van der Waals surface area contributed by atoms with Gasteiger partial charge in [0.2, 0.25) is 0 Å². The highest BCUT2D eigenvalue weighted by atomic mass is 35.5. The maximum absolute atomic E-state index is 6.46. The van der Waals surface area contributed by atoms with Crippen molar-refractivity contribution in [2.24, 2.45) is 5.41 Å². The molecule has 2 aromatic rings. The van der Waals surface area contributed by atoms with Crippen LogP contribution < -0.4 is 0 Å². The number of hydrogen-bond acceptors (Lipinski definition) is 1. The van der Waals surface area contributed by atoms with Gasteiger partial charge in [-0.15, -0.1) is 11.6 Å². The predicted octanol–water partition coefficient (Wildman–Crippen LogP) is 5.64. The molecule has 2 nitrogen and oxygen atoms in total. The van der Waals surface area contributed by atoms with Crippen LogP contribution in [0.2, 0.25) is 5.02 Å². The Labute approximate surface area is 137 Å². The number of para-hydroxylation sites is 1. The van der Waals surface area contributed by atoms with Gasteiger partial charge in [0.1, 0.15) is 5.82 Å². The molecule has 0 N–H and O–H groups in total. The fraction of sp³-hybridized carbons (Fsp3) is 0.588. The Balaban J connectivity index is 2.67. The van der Waals surface area contributed by atoms with Crippen molar-refractivity contribution in [3.05, 3.63) is 29.0 Å². The zero-order valence-corrected chi connectivity index (χ0v) is 15.0. The van der Waals surface area contributed by atoms with Crippen LogP contribution in [0.4, 0.5) is 0 Å². The quantitative estimate of drug-likeness (QED) is 0.664. The van der Waals surface area contributed by atoms with Gasteiger partial charge in [0.25, 0.3) is 0 Å². The first-order chi connectivity index (χ1) is 9.65. The highest BCUT2D eigenvalue weighted by Crippen LogP contribution is 2.37. The summed E-state index contributed by atoms with van der Waals surface area (Å²) in [6.45, 7) is 11.3. The van der Waals surface area contributed by atoms with E-state index in [-0.39, 0.29) is 11.0 Å². The summed E-state index contributed by atoms with van der Waals surface area (Å²) < 4.78 is 2.29. The van der Waals surface area contributed by atoms with E-state index in [4.69, 9.17) is 28.2 Å². The van der Waals surface area contributed by atoms with E-state index in [1.807, 2.05) is 18.2 Å². The standard InChI is InChI=1S/C17H24Cl2N2/c1-16(2,3)11-17(4,5)21-14(9-10-18)20-13-8-6-7-12(19)15(13)21/h6-8H,9-11H2,1-5H3. The van der Waals surface area contributed by atoms with E-state index in [9.17, 15) is 0 Å². The van der Waals surface area contributed by atoms with E-state index >= 15 is 0 Å². The number of halogens is 2. The van der Waals surface area contributed by atoms with E-state index in [1.54, 1.807) is 0 Å². The lowest BCUT2D eigenvalue weighted by molar-refractivity contribution is 0.215. The highest BCUT2D eigenvalue weighted by molar-refractivity contribution is 6.35. The number of alkyl halides is 1. The first-order valence-corrected chi connectivity index (χ1v) is 8.29. The molecule has 0 spiro atoms. The minimum absolute atomic E-state index is 0.0701. The largest absolute Gasteiger partial charge is 0.321 e. The first-order valence-electron chi connectivity index (χ1n) is 7.38.